The lowest BCUT2D eigenvalue weighted by Crippen LogP contribution is -2.35. The number of hydrogen-bond acceptors (Lipinski definition) is 3. The summed E-state index contributed by atoms with van der Waals surface area (Å²) in [4.78, 5) is 34.2. The molecule has 2 atom stereocenters. The molecule has 0 aromatic carbocycles. The maximum atomic E-state index is 11.2. The second kappa shape index (κ2) is 4.91. The Hall–Kier alpha value is -1.39. The predicted molar refractivity (Wildman–Crippen MR) is 54.0 cm³/mol. The molecule has 1 N–H and O–H groups in total. The van der Waals surface area contributed by atoms with Crippen molar-refractivity contribution >= 4 is 18.1 Å². The molecule has 5 nitrogen and oxygen atoms in total. The fourth-order valence-electron chi connectivity index (χ4n) is 1.88. The molecule has 0 saturated carbocycles. The Morgan fingerprint density at radius 3 is 2.53 bits per heavy atom. The van der Waals surface area contributed by atoms with Gasteiger partial charge in [0.05, 0.1) is 6.04 Å². The van der Waals surface area contributed by atoms with Crippen molar-refractivity contribution in [3.8, 4) is 0 Å². The van der Waals surface area contributed by atoms with Gasteiger partial charge in [-0.15, -0.1) is 0 Å². The van der Waals surface area contributed by atoms with E-state index >= 15 is 0 Å². The highest BCUT2D eigenvalue weighted by Crippen LogP contribution is 2.21. The number of nitrogens with one attached hydrogen (secondary N) is 1. The minimum atomic E-state index is -0.318. The molecule has 15 heavy (non-hydrogen) atoms. The van der Waals surface area contributed by atoms with Crippen LogP contribution in [0.25, 0.3) is 0 Å². The van der Waals surface area contributed by atoms with Gasteiger partial charge < -0.3 is 15.0 Å². The third-order valence-corrected chi connectivity index (χ3v) is 2.63. The van der Waals surface area contributed by atoms with Crippen molar-refractivity contribution < 1.29 is 14.4 Å². The number of rotatable bonds is 3. The van der Waals surface area contributed by atoms with Crippen molar-refractivity contribution in [2.45, 2.75) is 26.3 Å². The Balaban J connectivity index is 2.49. The van der Waals surface area contributed by atoms with E-state index in [1.807, 2.05) is 0 Å². The fourth-order valence-corrected chi connectivity index (χ4v) is 1.88. The summed E-state index contributed by atoms with van der Waals surface area (Å²) in [5.41, 5.74) is 0. The van der Waals surface area contributed by atoms with Crippen molar-refractivity contribution in [1.82, 2.24) is 10.2 Å². The van der Waals surface area contributed by atoms with Gasteiger partial charge in [-0.3, -0.25) is 9.59 Å². The number of aldehydes is 1. The molecule has 1 unspecified atom stereocenters. The third kappa shape index (κ3) is 3.04. The Labute approximate surface area is 88.8 Å². The van der Waals surface area contributed by atoms with Gasteiger partial charge in [0, 0.05) is 26.9 Å². The molecule has 0 aliphatic carbocycles. The lowest BCUT2D eigenvalue weighted by molar-refractivity contribution is -0.132. The van der Waals surface area contributed by atoms with Crippen LogP contribution in [-0.2, 0) is 14.4 Å². The molecule has 0 aromatic rings. The van der Waals surface area contributed by atoms with E-state index in [0.717, 1.165) is 6.29 Å². The van der Waals surface area contributed by atoms with E-state index < -0.39 is 0 Å². The summed E-state index contributed by atoms with van der Waals surface area (Å²) in [6.07, 6.45) is 1.44. The van der Waals surface area contributed by atoms with E-state index in [1.54, 1.807) is 4.90 Å². The van der Waals surface area contributed by atoms with E-state index in [1.165, 1.54) is 13.8 Å². The van der Waals surface area contributed by atoms with Crippen LogP contribution in [0.2, 0.25) is 0 Å². The zero-order valence-corrected chi connectivity index (χ0v) is 9.03. The summed E-state index contributed by atoms with van der Waals surface area (Å²) in [6.45, 7) is 3.99. The summed E-state index contributed by atoms with van der Waals surface area (Å²) in [5, 5.41) is 2.70. The summed E-state index contributed by atoms with van der Waals surface area (Å²) in [6, 6.07) is -0.318. The topological polar surface area (TPSA) is 66.5 Å². The zero-order valence-electron chi connectivity index (χ0n) is 9.03. The van der Waals surface area contributed by atoms with Gasteiger partial charge in [0.25, 0.3) is 0 Å². The molecule has 1 aliphatic heterocycles. The van der Waals surface area contributed by atoms with Gasteiger partial charge in [-0.05, 0) is 12.3 Å². The minimum Gasteiger partial charge on any atom is -0.356 e. The van der Waals surface area contributed by atoms with Gasteiger partial charge in [0.15, 0.2) is 0 Å². The Morgan fingerprint density at radius 1 is 1.47 bits per heavy atom. The smallest absolute Gasteiger partial charge is 0.220 e. The highest BCUT2D eigenvalue weighted by molar-refractivity contribution is 5.78. The van der Waals surface area contributed by atoms with Gasteiger partial charge in [0.2, 0.25) is 11.8 Å². The second-order valence-corrected chi connectivity index (χ2v) is 3.91. The van der Waals surface area contributed by atoms with Gasteiger partial charge in [0.1, 0.15) is 6.29 Å². The molecule has 0 radical (unpaired) electrons. The van der Waals surface area contributed by atoms with E-state index in [4.69, 9.17) is 0 Å². The van der Waals surface area contributed by atoms with E-state index in [-0.39, 0.29) is 23.8 Å². The van der Waals surface area contributed by atoms with E-state index in [0.29, 0.717) is 19.5 Å². The van der Waals surface area contributed by atoms with Crippen LogP contribution in [0.5, 0.6) is 0 Å². The largest absolute Gasteiger partial charge is 0.356 e. The minimum absolute atomic E-state index is 0.0843. The molecule has 1 saturated heterocycles. The summed E-state index contributed by atoms with van der Waals surface area (Å²) >= 11 is 0. The second-order valence-electron chi connectivity index (χ2n) is 3.91. The number of carbonyl (C=O) groups excluding carboxylic acids is 3. The first-order valence-corrected chi connectivity index (χ1v) is 5.01. The molecule has 5 heteroatoms. The standard InChI is InChI=1S/C10H16N2O3/c1-7(14)11-4-9-3-10(6-13)12(5-9)8(2)15/h6,9-10H,3-5H2,1-2H3,(H,11,14)/t9?,10-/m0/s1. The van der Waals surface area contributed by atoms with Crippen molar-refractivity contribution in [3.63, 3.8) is 0 Å². The van der Waals surface area contributed by atoms with Gasteiger partial charge in [-0.25, -0.2) is 0 Å². The molecule has 1 heterocycles. The van der Waals surface area contributed by atoms with Crippen molar-refractivity contribution in [3.05, 3.63) is 0 Å². The highest BCUT2D eigenvalue weighted by Gasteiger charge is 2.33. The number of amides is 2. The summed E-state index contributed by atoms with van der Waals surface area (Å²) in [7, 11) is 0. The lowest BCUT2D eigenvalue weighted by Gasteiger charge is -2.17. The van der Waals surface area contributed by atoms with E-state index in [2.05, 4.69) is 5.32 Å². The molecule has 1 fully saturated rings. The lowest BCUT2D eigenvalue weighted by atomic mass is 10.1. The Kier molecular flexibility index (Phi) is 3.82. The number of carbonyl (C=O) groups is 3. The molecule has 0 bridgehead atoms. The maximum absolute atomic E-state index is 11.2. The van der Waals surface area contributed by atoms with Crippen LogP contribution in [0.1, 0.15) is 20.3 Å². The Morgan fingerprint density at radius 2 is 2.13 bits per heavy atom. The van der Waals surface area contributed by atoms with Crippen LogP contribution >= 0.6 is 0 Å². The highest BCUT2D eigenvalue weighted by atomic mass is 16.2. The van der Waals surface area contributed by atoms with Crippen LogP contribution in [0.15, 0.2) is 0 Å². The molecular weight excluding hydrogens is 196 g/mol. The van der Waals surface area contributed by atoms with Crippen molar-refractivity contribution in [1.29, 1.82) is 0 Å². The summed E-state index contributed by atoms with van der Waals surface area (Å²) in [5.74, 6) is 0.0179. The van der Waals surface area contributed by atoms with E-state index in [9.17, 15) is 14.4 Å². The number of likely N-dealkylation sites (tertiary alicyclic amines) is 1. The first kappa shape index (κ1) is 11.7. The summed E-state index contributed by atoms with van der Waals surface area (Å²) < 4.78 is 0. The third-order valence-electron chi connectivity index (χ3n) is 2.63. The van der Waals surface area contributed by atoms with Crippen LogP contribution in [0.4, 0.5) is 0 Å². The molecule has 84 valence electrons. The van der Waals surface area contributed by atoms with Gasteiger partial charge >= 0.3 is 0 Å². The zero-order chi connectivity index (χ0) is 11.4. The normalized spacial score (nSPS) is 25.1. The molecule has 0 spiro atoms. The molecule has 0 aromatic heterocycles. The van der Waals surface area contributed by atoms with Crippen molar-refractivity contribution in [2.24, 2.45) is 5.92 Å². The van der Waals surface area contributed by atoms with Gasteiger partial charge in [-0.2, -0.15) is 0 Å². The number of hydrogen-bond donors (Lipinski definition) is 1. The molecule has 2 amide bonds. The SMILES string of the molecule is CC(=O)NCC1C[C@@H](C=O)N(C(C)=O)C1. The predicted octanol–water partition coefficient (Wildman–Crippen LogP) is -0.442. The molecule has 1 rings (SSSR count). The van der Waals surface area contributed by atoms with Crippen LogP contribution in [0.3, 0.4) is 0 Å². The fraction of sp³-hybridized carbons (Fsp3) is 0.700. The first-order valence-electron chi connectivity index (χ1n) is 5.01. The molecule has 1 aliphatic rings. The van der Waals surface area contributed by atoms with Crippen molar-refractivity contribution in [2.75, 3.05) is 13.1 Å². The first-order chi connectivity index (χ1) is 7.04. The molecular formula is C10H16N2O3. The maximum Gasteiger partial charge on any atom is 0.220 e. The monoisotopic (exact) mass is 212 g/mol. The number of nitrogens with zero attached hydrogens (tertiary/aromatic N) is 1. The van der Waals surface area contributed by atoms with Crippen LogP contribution in [0, 0.1) is 5.92 Å². The van der Waals surface area contributed by atoms with Crippen LogP contribution < -0.4 is 5.32 Å². The average molecular weight is 212 g/mol. The van der Waals surface area contributed by atoms with Crippen LogP contribution in [-0.4, -0.2) is 42.1 Å². The average Bonchev–Trinajstić information content (AvgIpc) is 2.57. The van der Waals surface area contributed by atoms with Gasteiger partial charge in [-0.1, -0.05) is 0 Å². The quantitative estimate of drug-likeness (QED) is 0.645. The Bertz CT molecular complexity index is 278.